The third kappa shape index (κ3) is 2.46. The first-order chi connectivity index (χ1) is 8.73. The summed E-state index contributed by atoms with van der Waals surface area (Å²) in [6, 6.07) is 1.40. The number of hydrogen-bond acceptors (Lipinski definition) is 2. The zero-order chi connectivity index (χ0) is 14.4. The van der Waals surface area contributed by atoms with Crippen molar-refractivity contribution in [2.45, 2.75) is 18.6 Å². The first-order valence-corrected chi connectivity index (χ1v) is 6.15. The molecule has 0 radical (unpaired) electrons. The third-order valence-corrected chi connectivity index (χ3v) is 3.55. The molecule has 1 amide bonds. The Hall–Kier alpha value is -1.15. The second kappa shape index (κ2) is 4.75. The van der Waals surface area contributed by atoms with Crippen LogP contribution in [0.2, 0.25) is 0 Å². The van der Waals surface area contributed by atoms with Crippen LogP contribution in [-0.4, -0.2) is 18.5 Å². The van der Waals surface area contributed by atoms with Gasteiger partial charge in [0, 0.05) is 11.0 Å². The Balaban J connectivity index is 2.52. The molecule has 0 saturated carbocycles. The van der Waals surface area contributed by atoms with Gasteiger partial charge in [-0.05, 0) is 18.6 Å². The number of hydrogen-bond donors (Lipinski definition) is 1. The summed E-state index contributed by atoms with van der Waals surface area (Å²) in [5.74, 6) is -2.04. The number of alkyl halides is 3. The van der Waals surface area contributed by atoms with E-state index in [0.717, 1.165) is 17.0 Å². The average Bonchev–Trinajstić information content (AvgIpc) is 2.59. The topological polar surface area (TPSA) is 46.3 Å². The van der Waals surface area contributed by atoms with Crippen molar-refractivity contribution in [3.05, 3.63) is 28.0 Å². The minimum Gasteiger partial charge on any atom is -0.320 e. The zero-order valence-electron chi connectivity index (χ0n) is 9.47. The van der Waals surface area contributed by atoms with Crippen molar-refractivity contribution >= 4 is 27.5 Å². The van der Waals surface area contributed by atoms with Gasteiger partial charge in [-0.3, -0.25) is 4.79 Å². The molecule has 0 aromatic heterocycles. The Kier molecular flexibility index (Phi) is 3.57. The summed E-state index contributed by atoms with van der Waals surface area (Å²) in [5, 5.41) is 0. The molecule has 1 unspecified atom stereocenters. The standard InChI is InChI=1S/C11H9BrF4N2O/c12-5-1-2-7(9(13)8(5)11(14,15)16)18-4-3-6(17)10(18)19/h1-2,6H,3-4,17H2. The minimum absolute atomic E-state index is 0.107. The van der Waals surface area contributed by atoms with E-state index in [0.29, 0.717) is 0 Å². The van der Waals surface area contributed by atoms with Gasteiger partial charge in [0.25, 0.3) is 0 Å². The molecular formula is C11H9BrF4N2O. The smallest absolute Gasteiger partial charge is 0.320 e. The second-order valence-electron chi connectivity index (χ2n) is 4.14. The fourth-order valence-electron chi connectivity index (χ4n) is 1.95. The molecule has 1 aliphatic rings. The lowest BCUT2D eigenvalue weighted by molar-refractivity contribution is -0.140. The minimum atomic E-state index is -4.84. The lowest BCUT2D eigenvalue weighted by Crippen LogP contribution is -2.34. The Morgan fingerprint density at radius 3 is 2.47 bits per heavy atom. The number of nitrogens with two attached hydrogens (primary N) is 1. The summed E-state index contributed by atoms with van der Waals surface area (Å²) in [6.07, 6.45) is -4.56. The van der Waals surface area contributed by atoms with Gasteiger partial charge in [0.05, 0.1) is 11.7 Å². The molecule has 19 heavy (non-hydrogen) atoms. The molecule has 0 bridgehead atoms. The maximum absolute atomic E-state index is 14.0. The van der Waals surface area contributed by atoms with Crippen LogP contribution in [0, 0.1) is 5.82 Å². The van der Waals surface area contributed by atoms with Gasteiger partial charge in [0.1, 0.15) is 5.56 Å². The number of halogens is 5. The second-order valence-corrected chi connectivity index (χ2v) is 4.99. The van der Waals surface area contributed by atoms with Crippen LogP contribution in [0.1, 0.15) is 12.0 Å². The molecule has 2 rings (SSSR count). The highest BCUT2D eigenvalue weighted by Gasteiger charge is 2.40. The highest BCUT2D eigenvalue weighted by molar-refractivity contribution is 9.10. The number of benzene rings is 1. The van der Waals surface area contributed by atoms with Crippen molar-refractivity contribution in [3.63, 3.8) is 0 Å². The number of rotatable bonds is 1. The molecular weight excluding hydrogens is 332 g/mol. The Bertz CT molecular complexity index is 532. The van der Waals surface area contributed by atoms with Crippen molar-refractivity contribution < 1.29 is 22.4 Å². The molecule has 104 valence electrons. The predicted octanol–water partition coefficient (Wildman–Crippen LogP) is 2.67. The van der Waals surface area contributed by atoms with Gasteiger partial charge < -0.3 is 10.6 Å². The first-order valence-electron chi connectivity index (χ1n) is 5.35. The summed E-state index contributed by atoms with van der Waals surface area (Å²) in [6.45, 7) is 0.107. The summed E-state index contributed by atoms with van der Waals surface area (Å²) >= 11 is 2.66. The van der Waals surface area contributed by atoms with Crippen LogP contribution >= 0.6 is 15.9 Å². The highest BCUT2D eigenvalue weighted by atomic mass is 79.9. The van der Waals surface area contributed by atoms with E-state index in [9.17, 15) is 22.4 Å². The summed E-state index contributed by atoms with van der Waals surface area (Å²) < 4.78 is 51.8. The van der Waals surface area contributed by atoms with E-state index in [1.807, 2.05) is 0 Å². The molecule has 0 spiro atoms. The van der Waals surface area contributed by atoms with Gasteiger partial charge in [-0.1, -0.05) is 15.9 Å². The van der Waals surface area contributed by atoms with E-state index >= 15 is 0 Å². The maximum atomic E-state index is 14.0. The van der Waals surface area contributed by atoms with Crippen LogP contribution in [0.5, 0.6) is 0 Å². The summed E-state index contributed by atoms with van der Waals surface area (Å²) in [5.41, 5.74) is 3.65. The molecule has 1 atom stereocenters. The normalized spacial score (nSPS) is 20.2. The predicted molar refractivity (Wildman–Crippen MR) is 64.0 cm³/mol. The highest BCUT2D eigenvalue weighted by Crippen LogP contribution is 2.40. The molecule has 1 aliphatic heterocycles. The van der Waals surface area contributed by atoms with Gasteiger partial charge >= 0.3 is 6.18 Å². The summed E-state index contributed by atoms with van der Waals surface area (Å²) in [4.78, 5) is 12.6. The monoisotopic (exact) mass is 340 g/mol. The SMILES string of the molecule is NC1CCN(c2ccc(Br)c(C(F)(F)F)c2F)C1=O. The molecule has 3 nitrogen and oxygen atoms in total. The lowest BCUT2D eigenvalue weighted by Gasteiger charge is -2.20. The van der Waals surface area contributed by atoms with Crippen molar-refractivity contribution in [3.8, 4) is 0 Å². The van der Waals surface area contributed by atoms with Crippen LogP contribution < -0.4 is 10.6 Å². The summed E-state index contributed by atoms with van der Waals surface area (Å²) in [7, 11) is 0. The number of amides is 1. The number of nitrogens with zero attached hydrogens (tertiary/aromatic N) is 1. The Morgan fingerprint density at radius 2 is 2.00 bits per heavy atom. The fraction of sp³-hybridized carbons (Fsp3) is 0.364. The van der Waals surface area contributed by atoms with Crippen LogP contribution in [0.25, 0.3) is 0 Å². The number of carbonyl (C=O) groups is 1. The van der Waals surface area contributed by atoms with Gasteiger partial charge in [-0.2, -0.15) is 13.2 Å². The van der Waals surface area contributed by atoms with Crippen LogP contribution in [0.15, 0.2) is 16.6 Å². The molecule has 1 aromatic rings. The maximum Gasteiger partial charge on any atom is 0.420 e. The van der Waals surface area contributed by atoms with Gasteiger partial charge in [-0.25, -0.2) is 4.39 Å². The first kappa shape index (κ1) is 14.3. The van der Waals surface area contributed by atoms with Crippen molar-refractivity contribution in [2.75, 3.05) is 11.4 Å². The average molecular weight is 341 g/mol. The molecule has 1 aromatic carbocycles. The number of anilines is 1. The third-order valence-electron chi connectivity index (χ3n) is 2.89. The fourth-order valence-corrected chi connectivity index (χ4v) is 2.48. The van der Waals surface area contributed by atoms with Crippen molar-refractivity contribution in [1.29, 1.82) is 0 Å². The van der Waals surface area contributed by atoms with E-state index < -0.39 is 39.7 Å². The van der Waals surface area contributed by atoms with Crippen molar-refractivity contribution in [2.24, 2.45) is 5.73 Å². The Labute approximate surface area is 114 Å². The number of carbonyl (C=O) groups excluding carboxylic acids is 1. The van der Waals surface area contributed by atoms with E-state index in [1.165, 1.54) is 0 Å². The van der Waals surface area contributed by atoms with Crippen molar-refractivity contribution in [1.82, 2.24) is 0 Å². The van der Waals surface area contributed by atoms with E-state index in [2.05, 4.69) is 15.9 Å². The van der Waals surface area contributed by atoms with Gasteiger partial charge in [-0.15, -0.1) is 0 Å². The van der Waals surface area contributed by atoms with Crippen LogP contribution in [0.3, 0.4) is 0 Å². The molecule has 0 aliphatic carbocycles. The molecule has 2 N–H and O–H groups in total. The molecule has 8 heteroatoms. The van der Waals surface area contributed by atoms with E-state index in [1.54, 1.807) is 0 Å². The van der Waals surface area contributed by atoms with Gasteiger partial charge in [0.2, 0.25) is 5.91 Å². The lowest BCUT2D eigenvalue weighted by atomic mass is 10.1. The molecule has 1 fully saturated rings. The largest absolute Gasteiger partial charge is 0.420 e. The van der Waals surface area contributed by atoms with E-state index in [-0.39, 0.29) is 13.0 Å². The zero-order valence-corrected chi connectivity index (χ0v) is 11.1. The van der Waals surface area contributed by atoms with Crippen LogP contribution in [0.4, 0.5) is 23.2 Å². The Morgan fingerprint density at radius 1 is 1.37 bits per heavy atom. The van der Waals surface area contributed by atoms with E-state index in [4.69, 9.17) is 5.73 Å². The van der Waals surface area contributed by atoms with Gasteiger partial charge in [0.15, 0.2) is 5.82 Å². The molecule has 1 saturated heterocycles. The molecule has 1 heterocycles. The van der Waals surface area contributed by atoms with Crippen LogP contribution in [-0.2, 0) is 11.0 Å². The quantitative estimate of drug-likeness (QED) is 0.799.